The summed E-state index contributed by atoms with van der Waals surface area (Å²) < 4.78 is 22.1. The number of carbonyl (C=O) groups excluding carboxylic acids is 2. The SMILES string of the molecule is CCOC(=O)C1=C(C)NC(=S)N[C@H]1c1ccccc1OCC(=O)NN=Cc1ccc2c(c1)OCCO2. The summed E-state index contributed by atoms with van der Waals surface area (Å²) in [6.45, 7) is 4.44. The molecular weight excluding hydrogens is 484 g/mol. The van der Waals surface area contributed by atoms with Crippen molar-refractivity contribution in [3.8, 4) is 17.2 Å². The molecule has 0 spiro atoms. The van der Waals surface area contributed by atoms with Gasteiger partial charge in [-0.1, -0.05) is 18.2 Å². The lowest BCUT2D eigenvalue weighted by molar-refractivity contribution is -0.139. The number of para-hydroxylation sites is 1. The van der Waals surface area contributed by atoms with Crippen molar-refractivity contribution in [2.75, 3.05) is 26.4 Å². The summed E-state index contributed by atoms with van der Waals surface area (Å²) in [5, 5.41) is 10.4. The topological polar surface area (TPSA) is 120 Å². The molecule has 1 amide bonds. The molecule has 0 fully saturated rings. The summed E-state index contributed by atoms with van der Waals surface area (Å²) in [5.74, 6) is 0.803. The van der Waals surface area contributed by atoms with Gasteiger partial charge in [0.1, 0.15) is 19.0 Å². The fourth-order valence-corrected chi connectivity index (χ4v) is 4.02. The molecule has 0 unspecified atom stereocenters. The van der Waals surface area contributed by atoms with Crippen LogP contribution in [0.5, 0.6) is 17.2 Å². The normalized spacial score (nSPS) is 16.7. The smallest absolute Gasteiger partial charge is 0.338 e. The number of amides is 1. The Morgan fingerprint density at radius 3 is 2.78 bits per heavy atom. The number of rotatable bonds is 8. The van der Waals surface area contributed by atoms with Crippen LogP contribution in [0.15, 0.2) is 58.8 Å². The average Bonchev–Trinajstić information content (AvgIpc) is 2.87. The molecule has 11 heteroatoms. The molecule has 0 aromatic heterocycles. The number of hydrazone groups is 1. The second kappa shape index (κ2) is 11.5. The average molecular weight is 511 g/mol. The summed E-state index contributed by atoms with van der Waals surface area (Å²) >= 11 is 5.29. The van der Waals surface area contributed by atoms with Crippen LogP contribution in [0.1, 0.15) is 31.0 Å². The molecule has 36 heavy (non-hydrogen) atoms. The van der Waals surface area contributed by atoms with E-state index in [1.165, 1.54) is 6.21 Å². The third-order valence-electron chi connectivity index (χ3n) is 5.32. The minimum Gasteiger partial charge on any atom is -0.486 e. The largest absolute Gasteiger partial charge is 0.486 e. The standard InChI is InChI=1S/C25H26N4O6S/c1-3-32-24(31)22-15(2)27-25(36)28-23(22)17-6-4-5-7-18(17)35-14-21(30)29-26-13-16-8-9-19-20(12-16)34-11-10-33-19/h4-9,12-13,23H,3,10-11,14H2,1-2H3,(H,29,30)(H2,27,28,36)/t23-/m0/s1. The van der Waals surface area contributed by atoms with Gasteiger partial charge in [0.2, 0.25) is 0 Å². The van der Waals surface area contributed by atoms with Crippen LogP contribution in [0.3, 0.4) is 0 Å². The van der Waals surface area contributed by atoms with Gasteiger partial charge >= 0.3 is 5.97 Å². The molecule has 0 saturated heterocycles. The molecule has 0 radical (unpaired) electrons. The van der Waals surface area contributed by atoms with E-state index in [0.717, 1.165) is 5.56 Å². The zero-order chi connectivity index (χ0) is 25.5. The first kappa shape index (κ1) is 25.0. The van der Waals surface area contributed by atoms with Gasteiger partial charge in [0.05, 0.1) is 24.4 Å². The van der Waals surface area contributed by atoms with Crippen molar-refractivity contribution >= 4 is 35.4 Å². The number of ether oxygens (including phenoxy) is 4. The van der Waals surface area contributed by atoms with E-state index in [1.807, 2.05) is 12.1 Å². The highest BCUT2D eigenvalue weighted by Gasteiger charge is 2.32. The van der Waals surface area contributed by atoms with E-state index >= 15 is 0 Å². The van der Waals surface area contributed by atoms with Crippen LogP contribution in [0.25, 0.3) is 0 Å². The van der Waals surface area contributed by atoms with E-state index in [1.54, 1.807) is 44.2 Å². The van der Waals surface area contributed by atoms with Gasteiger partial charge in [-0.2, -0.15) is 5.10 Å². The number of hydrogen-bond donors (Lipinski definition) is 3. The third kappa shape index (κ3) is 5.92. The number of hydrogen-bond acceptors (Lipinski definition) is 8. The molecule has 2 aromatic rings. The van der Waals surface area contributed by atoms with Crippen molar-refractivity contribution in [1.82, 2.24) is 16.1 Å². The van der Waals surface area contributed by atoms with Crippen molar-refractivity contribution in [3.63, 3.8) is 0 Å². The number of nitrogens with zero attached hydrogens (tertiary/aromatic N) is 1. The van der Waals surface area contributed by atoms with Gasteiger partial charge in [0.25, 0.3) is 5.91 Å². The highest BCUT2D eigenvalue weighted by atomic mass is 32.1. The monoisotopic (exact) mass is 510 g/mol. The van der Waals surface area contributed by atoms with Crippen LogP contribution in [-0.4, -0.2) is 49.6 Å². The Labute approximate surface area is 213 Å². The summed E-state index contributed by atoms with van der Waals surface area (Å²) in [4.78, 5) is 25.0. The number of esters is 1. The van der Waals surface area contributed by atoms with E-state index in [-0.39, 0.29) is 13.2 Å². The fourth-order valence-electron chi connectivity index (χ4n) is 3.75. The summed E-state index contributed by atoms with van der Waals surface area (Å²) in [5.41, 5.74) is 4.79. The van der Waals surface area contributed by atoms with Gasteiger partial charge in [-0.25, -0.2) is 10.2 Å². The van der Waals surface area contributed by atoms with Crippen LogP contribution in [-0.2, 0) is 14.3 Å². The van der Waals surface area contributed by atoms with Gasteiger partial charge in [0, 0.05) is 11.3 Å². The molecule has 0 aliphatic carbocycles. The third-order valence-corrected chi connectivity index (χ3v) is 5.54. The first-order valence-corrected chi connectivity index (χ1v) is 11.8. The molecule has 2 heterocycles. The Kier molecular flexibility index (Phi) is 8.01. The van der Waals surface area contributed by atoms with Crippen LogP contribution in [0.4, 0.5) is 0 Å². The first-order chi connectivity index (χ1) is 17.5. The van der Waals surface area contributed by atoms with E-state index < -0.39 is 17.9 Å². The van der Waals surface area contributed by atoms with Gasteiger partial charge in [-0.15, -0.1) is 0 Å². The fraction of sp³-hybridized carbons (Fsp3) is 0.280. The van der Waals surface area contributed by atoms with Crippen molar-refractivity contribution in [2.45, 2.75) is 19.9 Å². The van der Waals surface area contributed by atoms with Crippen LogP contribution < -0.4 is 30.3 Å². The minimum absolute atomic E-state index is 0.234. The van der Waals surface area contributed by atoms with Crippen molar-refractivity contribution < 1.29 is 28.5 Å². The zero-order valence-electron chi connectivity index (χ0n) is 19.8. The number of thiocarbonyl (C=S) groups is 1. The molecular formula is C25H26N4O6S. The molecule has 2 aliphatic heterocycles. The quantitative estimate of drug-likeness (QED) is 0.213. The zero-order valence-corrected chi connectivity index (χ0v) is 20.6. The molecule has 0 bridgehead atoms. The van der Waals surface area contributed by atoms with Gasteiger partial charge in [-0.3, -0.25) is 4.79 Å². The maximum absolute atomic E-state index is 12.7. The van der Waals surface area contributed by atoms with Gasteiger partial charge < -0.3 is 29.6 Å². The van der Waals surface area contributed by atoms with E-state index in [2.05, 4.69) is 21.2 Å². The molecule has 10 nitrogen and oxygen atoms in total. The predicted octanol–water partition coefficient (Wildman–Crippen LogP) is 2.34. The van der Waals surface area contributed by atoms with Crippen molar-refractivity contribution in [2.24, 2.45) is 5.10 Å². The van der Waals surface area contributed by atoms with Crippen LogP contribution in [0.2, 0.25) is 0 Å². The maximum Gasteiger partial charge on any atom is 0.338 e. The molecule has 1 atom stereocenters. The second-order valence-corrected chi connectivity index (χ2v) is 8.22. The molecule has 2 aromatic carbocycles. The maximum atomic E-state index is 12.7. The number of benzene rings is 2. The first-order valence-electron chi connectivity index (χ1n) is 11.3. The van der Waals surface area contributed by atoms with E-state index in [4.69, 9.17) is 31.2 Å². The molecule has 3 N–H and O–H groups in total. The molecule has 0 saturated carbocycles. The Bertz CT molecular complexity index is 1230. The van der Waals surface area contributed by atoms with Crippen molar-refractivity contribution in [3.05, 3.63) is 64.9 Å². The number of carbonyl (C=O) groups is 2. The lowest BCUT2D eigenvalue weighted by Crippen LogP contribution is -2.45. The molecule has 4 rings (SSSR count). The minimum atomic E-state index is -0.606. The van der Waals surface area contributed by atoms with E-state index in [9.17, 15) is 9.59 Å². The summed E-state index contributed by atoms with van der Waals surface area (Å²) in [6.07, 6.45) is 1.50. The Morgan fingerprint density at radius 1 is 1.19 bits per heavy atom. The highest BCUT2D eigenvalue weighted by molar-refractivity contribution is 7.80. The van der Waals surface area contributed by atoms with Crippen LogP contribution >= 0.6 is 12.2 Å². The molecule has 188 valence electrons. The number of fused-ring (bicyclic) bond motifs is 1. The van der Waals surface area contributed by atoms with Gasteiger partial charge in [0.15, 0.2) is 23.2 Å². The van der Waals surface area contributed by atoms with E-state index in [0.29, 0.717) is 52.4 Å². The second-order valence-electron chi connectivity index (χ2n) is 7.81. The van der Waals surface area contributed by atoms with Gasteiger partial charge in [-0.05, 0) is 55.9 Å². The molecule has 2 aliphatic rings. The summed E-state index contributed by atoms with van der Waals surface area (Å²) in [7, 11) is 0. The summed E-state index contributed by atoms with van der Waals surface area (Å²) in [6, 6.07) is 11.9. The van der Waals surface area contributed by atoms with Crippen LogP contribution in [0, 0.1) is 0 Å². The number of nitrogens with one attached hydrogen (secondary N) is 3. The Morgan fingerprint density at radius 2 is 1.97 bits per heavy atom. The number of allylic oxidation sites excluding steroid dienone is 1. The Balaban J connectivity index is 1.42. The van der Waals surface area contributed by atoms with Crippen molar-refractivity contribution in [1.29, 1.82) is 0 Å². The highest BCUT2D eigenvalue weighted by Crippen LogP contribution is 2.33. The Hall–Kier alpha value is -4.12. The predicted molar refractivity (Wildman–Crippen MR) is 136 cm³/mol. The lowest BCUT2D eigenvalue weighted by atomic mass is 9.95. The lowest BCUT2D eigenvalue weighted by Gasteiger charge is -2.30.